The Kier molecular flexibility index (Phi) is 9.84. The van der Waals surface area contributed by atoms with Gasteiger partial charge in [-0.2, -0.15) is 0 Å². The summed E-state index contributed by atoms with van der Waals surface area (Å²) >= 11 is 6.64. The van der Waals surface area contributed by atoms with Crippen LogP contribution in [0.5, 0.6) is 11.5 Å². The summed E-state index contributed by atoms with van der Waals surface area (Å²) in [6.07, 6.45) is 6.22. The average Bonchev–Trinajstić information content (AvgIpc) is 3.82. The number of amides is 2. The molecule has 58 heavy (non-hydrogen) atoms. The Morgan fingerprint density at radius 3 is 2.47 bits per heavy atom. The number of anilines is 2. The van der Waals surface area contributed by atoms with E-state index in [1.165, 1.54) is 23.1 Å². The lowest BCUT2D eigenvalue weighted by atomic mass is 9.94. The number of likely N-dealkylation sites (tertiary alicyclic amines) is 2. The Balaban J connectivity index is 0.685. The lowest BCUT2D eigenvalue weighted by Gasteiger charge is -2.51. The van der Waals surface area contributed by atoms with E-state index >= 15 is 0 Å². The molecule has 4 fully saturated rings. The standard InChI is InChI=1S/C44H46ClN9O4/c45-37-17-34(58-33-4-2-1-3-5-33)8-9-35(37)41(56)36-18-46-42-40(36)43(48-26-47-42)49-30-12-14-52(15-13-30)32-24-51(25-32)19-27-20-53(21-27)31-7-6-28-22-54(23-29(28)16-31)38-10-11-39(55)50-44(38)57/h1-9,16-18,26-27,30,32,38H,10-15,19-25H2,(H,50,55,57)(H2,46,47,48,49). The molecule has 2 amide bonds. The van der Waals surface area contributed by atoms with E-state index in [1.807, 2.05) is 30.3 Å². The van der Waals surface area contributed by atoms with Crippen LogP contribution in [-0.4, -0.2) is 111 Å². The molecule has 14 heteroatoms. The van der Waals surface area contributed by atoms with Gasteiger partial charge in [0, 0.05) is 107 Å². The van der Waals surface area contributed by atoms with Gasteiger partial charge in [-0.25, -0.2) is 9.97 Å². The third kappa shape index (κ3) is 7.32. The number of H-pyrrole nitrogens is 1. The maximum atomic E-state index is 13.9. The molecule has 5 aromatic rings. The van der Waals surface area contributed by atoms with Gasteiger partial charge in [0.2, 0.25) is 11.8 Å². The molecule has 5 aliphatic heterocycles. The lowest BCUT2D eigenvalue weighted by Crippen LogP contribution is -2.63. The van der Waals surface area contributed by atoms with Crippen LogP contribution in [0, 0.1) is 5.92 Å². The van der Waals surface area contributed by atoms with Crippen molar-refractivity contribution in [1.82, 2.24) is 35.0 Å². The minimum atomic E-state index is -0.226. The molecule has 5 aliphatic rings. The number of aromatic nitrogens is 3. The maximum absolute atomic E-state index is 13.9. The Morgan fingerprint density at radius 1 is 0.862 bits per heavy atom. The highest BCUT2D eigenvalue weighted by atomic mass is 35.5. The molecule has 0 radical (unpaired) electrons. The lowest BCUT2D eigenvalue weighted by molar-refractivity contribution is -0.137. The second-order valence-corrected chi connectivity index (χ2v) is 16.9. The Morgan fingerprint density at radius 2 is 1.67 bits per heavy atom. The number of ketones is 1. The number of carbonyl (C=O) groups is 3. The van der Waals surface area contributed by atoms with Crippen molar-refractivity contribution in [2.75, 3.05) is 56.0 Å². The number of hydrogen-bond donors (Lipinski definition) is 3. The number of nitrogens with one attached hydrogen (secondary N) is 3. The topological polar surface area (TPSA) is 139 Å². The number of piperidine rings is 2. The Labute approximate surface area is 341 Å². The number of aromatic amines is 1. The van der Waals surface area contributed by atoms with Crippen LogP contribution < -0.4 is 20.3 Å². The molecule has 0 spiro atoms. The summed E-state index contributed by atoms with van der Waals surface area (Å²) < 4.78 is 5.91. The molecular weight excluding hydrogens is 754 g/mol. The quantitative estimate of drug-likeness (QED) is 0.116. The summed E-state index contributed by atoms with van der Waals surface area (Å²) in [5.74, 6) is 2.04. The van der Waals surface area contributed by atoms with Gasteiger partial charge in [0.1, 0.15) is 29.3 Å². The largest absolute Gasteiger partial charge is 0.457 e. The Bertz CT molecular complexity index is 2370. The van der Waals surface area contributed by atoms with Gasteiger partial charge in [-0.1, -0.05) is 35.9 Å². The fourth-order valence-corrected chi connectivity index (χ4v) is 9.66. The van der Waals surface area contributed by atoms with Crippen molar-refractivity contribution >= 4 is 51.7 Å². The van der Waals surface area contributed by atoms with Crippen molar-refractivity contribution in [2.24, 2.45) is 5.92 Å². The summed E-state index contributed by atoms with van der Waals surface area (Å²) in [7, 11) is 0. The Hall–Kier alpha value is -5.34. The molecular formula is C44H46ClN9O4. The predicted octanol–water partition coefficient (Wildman–Crippen LogP) is 5.45. The summed E-state index contributed by atoms with van der Waals surface area (Å²) in [4.78, 5) is 60.0. The highest BCUT2D eigenvalue weighted by Crippen LogP contribution is 2.35. The highest BCUT2D eigenvalue weighted by Gasteiger charge is 2.39. The van der Waals surface area contributed by atoms with E-state index in [-0.39, 0.29) is 29.7 Å². The van der Waals surface area contributed by atoms with E-state index in [0.29, 0.717) is 69.3 Å². The number of para-hydroxylation sites is 1. The van der Waals surface area contributed by atoms with Crippen LogP contribution in [0.1, 0.15) is 52.7 Å². The van der Waals surface area contributed by atoms with E-state index in [1.54, 1.807) is 24.4 Å². The molecule has 1 unspecified atom stereocenters. The normalized spacial score (nSPS) is 21.1. The van der Waals surface area contributed by atoms with Gasteiger partial charge >= 0.3 is 0 Å². The molecule has 3 N–H and O–H groups in total. The van der Waals surface area contributed by atoms with Crippen LogP contribution in [0.15, 0.2) is 79.3 Å². The number of carbonyl (C=O) groups excluding carboxylic acids is 3. The van der Waals surface area contributed by atoms with Crippen LogP contribution in [0.25, 0.3) is 11.0 Å². The molecule has 3 aromatic carbocycles. The van der Waals surface area contributed by atoms with Gasteiger partial charge in [-0.05, 0) is 66.8 Å². The zero-order chi connectivity index (χ0) is 39.3. The number of halogens is 1. The van der Waals surface area contributed by atoms with Gasteiger partial charge in [0.25, 0.3) is 0 Å². The van der Waals surface area contributed by atoms with Gasteiger partial charge in [0.05, 0.1) is 22.0 Å². The van der Waals surface area contributed by atoms with Crippen LogP contribution in [-0.2, 0) is 22.7 Å². The van der Waals surface area contributed by atoms with Crippen molar-refractivity contribution in [3.05, 3.63) is 107 Å². The summed E-state index contributed by atoms with van der Waals surface area (Å²) in [5.41, 5.74) is 5.31. The number of rotatable bonds is 11. The van der Waals surface area contributed by atoms with Crippen molar-refractivity contribution in [1.29, 1.82) is 0 Å². The summed E-state index contributed by atoms with van der Waals surface area (Å²) in [6, 6.07) is 21.9. The molecule has 298 valence electrons. The van der Waals surface area contributed by atoms with Crippen LogP contribution in [0.2, 0.25) is 5.02 Å². The van der Waals surface area contributed by atoms with E-state index < -0.39 is 0 Å². The summed E-state index contributed by atoms with van der Waals surface area (Å²) in [6.45, 7) is 9.07. The second kappa shape index (κ2) is 15.4. The molecule has 10 rings (SSSR count). The van der Waals surface area contributed by atoms with Crippen molar-refractivity contribution in [2.45, 2.75) is 56.9 Å². The molecule has 0 saturated carbocycles. The maximum Gasteiger partial charge on any atom is 0.243 e. The minimum Gasteiger partial charge on any atom is -0.457 e. The first kappa shape index (κ1) is 37.0. The van der Waals surface area contributed by atoms with Crippen LogP contribution >= 0.6 is 11.6 Å². The monoisotopic (exact) mass is 799 g/mol. The highest BCUT2D eigenvalue weighted by molar-refractivity contribution is 6.35. The second-order valence-electron chi connectivity index (χ2n) is 16.5. The van der Waals surface area contributed by atoms with E-state index in [4.69, 9.17) is 16.3 Å². The average molecular weight is 800 g/mol. The van der Waals surface area contributed by atoms with Gasteiger partial charge in [-0.3, -0.25) is 34.4 Å². The molecule has 2 aromatic heterocycles. The van der Waals surface area contributed by atoms with Crippen molar-refractivity contribution in [3.8, 4) is 11.5 Å². The number of ether oxygens (including phenoxy) is 1. The number of imide groups is 1. The molecule has 13 nitrogen and oxygen atoms in total. The first-order valence-electron chi connectivity index (χ1n) is 20.4. The zero-order valence-corrected chi connectivity index (χ0v) is 33.0. The number of nitrogens with zero attached hydrogens (tertiary/aromatic N) is 6. The SMILES string of the molecule is O=C1CCC(N2Cc3ccc(N4CC(CN5CC(N6CCC(Nc7ncnc8[nH]cc(C(=O)c9ccc(Oc%10ccccc%10)cc9Cl)c78)CC6)C5)C4)cc3C2)C(=O)N1. The first-order valence-corrected chi connectivity index (χ1v) is 20.8. The van der Waals surface area contributed by atoms with E-state index in [0.717, 1.165) is 71.7 Å². The fourth-order valence-electron chi connectivity index (χ4n) is 9.41. The van der Waals surface area contributed by atoms with Crippen molar-refractivity contribution < 1.29 is 19.1 Å². The minimum absolute atomic E-state index is 0.160. The first-order chi connectivity index (χ1) is 28.3. The summed E-state index contributed by atoms with van der Waals surface area (Å²) in [5, 5.41) is 7.15. The van der Waals surface area contributed by atoms with Crippen molar-refractivity contribution in [3.63, 3.8) is 0 Å². The number of benzene rings is 3. The van der Waals surface area contributed by atoms with Crippen LogP contribution in [0.3, 0.4) is 0 Å². The van der Waals surface area contributed by atoms with Crippen LogP contribution in [0.4, 0.5) is 11.5 Å². The van der Waals surface area contributed by atoms with Gasteiger partial charge in [-0.15, -0.1) is 0 Å². The number of hydrogen-bond acceptors (Lipinski definition) is 11. The third-order valence-electron chi connectivity index (χ3n) is 12.6. The molecule has 7 heterocycles. The molecule has 4 saturated heterocycles. The predicted molar refractivity (Wildman–Crippen MR) is 221 cm³/mol. The van der Waals surface area contributed by atoms with Gasteiger partial charge in [0.15, 0.2) is 5.78 Å². The van der Waals surface area contributed by atoms with E-state index in [2.05, 4.69) is 63.4 Å². The number of fused-ring (bicyclic) bond motifs is 2. The third-order valence-corrected chi connectivity index (χ3v) is 12.9. The molecule has 0 bridgehead atoms. The molecule has 1 atom stereocenters. The van der Waals surface area contributed by atoms with E-state index in [9.17, 15) is 14.4 Å². The smallest absolute Gasteiger partial charge is 0.243 e. The molecule has 0 aliphatic carbocycles. The fraction of sp³-hybridized carbons (Fsp3) is 0.386. The zero-order valence-electron chi connectivity index (χ0n) is 32.2. The van der Waals surface area contributed by atoms with Gasteiger partial charge < -0.3 is 19.9 Å².